The largest absolute Gasteiger partial charge is 0.465 e. The first-order valence-corrected chi connectivity index (χ1v) is 9.80. The van der Waals surface area contributed by atoms with E-state index in [0.717, 1.165) is 16.7 Å². The van der Waals surface area contributed by atoms with Gasteiger partial charge in [0.2, 0.25) is 0 Å². The lowest BCUT2D eigenvalue weighted by Gasteiger charge is -2.19. The molecule has 0 bridgehead atoms. The highest BCUT2D eigenvalue weighted by Crippen LogP contribution is 2.38. The molecule has 0 aromatic heterocycles. The predicted molar refractivity (Wildman–Crippen MR) is 125 cm³/mol. The van der Waals surface area contributed by atoms with Crippen LogP contribution >= 0.6 is 0 Å². The molecule has 1 heterocycles. The Bertz CT molecular complexity index is 722. The summed E-state index contributed by atoms with van der Waals surface area (Å²) >= 11 is 0. The summed E-state index contributed by atoms with van der Waals surface area (Å²) in [5.41, 5.74) is 4.18. The van der Waals surface area contributed by atoms with E-state index in [9.17, 15) is 0 Å². The van der Waals surface area contributed by atoms with Crippen LogP contribution in [-0.2, 0) is 14.2 Å². The van der Waals surface area contributed by atoms with Crippen molar-refractivity contribution in [2.75, 3.05) is 27.9 Å². The summed E-state index contributed by atoms with van der Waals surface area (Å²) in [6.45, 7) is 14.8. The van der Waals surface area contributed by atoms with Crippen molar-refractivity contribution in [2.45, 2.75) is 26.7 Å². The first-order valence-electron chi connectivity index (χ1n) is 9.80. The van der Waals surface area contributed by atoms with Crippen molar-refractivity contribution in [2.24, 2.45) is 0 Å². The van der Waals surface area contributed by atoms with Gasteiger partial charge in [-0.1, -0.05) is 75.6 Å². The Morgan fingerprint density at radius 3 is 2.28 bits per heavy atom. The lowest BCUT2D eigenvalue weighted by Crippen LogP contribution is -2.04. The summed E-state index contributed by atoms with van der Waals surface area (Å²) < 4.78 is 15.1. The van der Waals surface area contributed by atoms with Crippen LogP contribution in [-0.4, -0.2) is 27.9 Å². The molecule has 0 radical (unpaired) electrons. The molecule has 0 saturated carbocycles. The maximum atomic E-state index is 5.79. The fourth-order valence-electron chi connectivity index (χ4n) is 2.73. The van der Waals surface area contributed by atoms with E-state index in [-0.39, 0.29) is 5.92 Å². The van der Waals surface area contributed by atoms with Gasteiger partial charge < -0.3 is 14.2 Å². The van der Waals surface area contributed by atoms with Crippen LogP contribution in [0.15, 0.2) is 103 Å². The Balaban J connectivity index is 0.00000143. The monoisotopic (exact) mass is 396 g/mol. The second-order valence-electron chi connectivity index (χ2n) is 5.81. The van der Waals surface area contributed by atoms with Crippen LogP contribution < -0.4 is 0 Å². The van der Waals surface area contributed by atoms with Gasteiger partial charge >= 0.3 is 0 Å². The van der Waals surface area contributed by atoms with Gasteiger partial charge in [0.05, 0.1) is 12.9 Å². The van der Waals surface area contributed by atoms with Crippen LogP contribution in [0.5, 0.6) is 0 Å². The van der Waals surface area contributed by atoms with Gasteiger partial charge in [0, 0.05) is 32.8 Å². The standard InChI is InChI=1S/C22H24O2.C2H6O.C2H6/c1-5-18(13-10-15-23-4)22-17(3)20(14-16-24-21(22)6-2)19-11-8-7-9-12-19;1-3-2;1-2/h5-14,16,20H,2-3,15H2,1,4H3;1-2H3;1-2H3/b13-10-,18-5+;;. The minimum atomic E-state index is 0.0597. The number of allylic oxidation sites excluding steroid dienone is 7. The van der Waals surface area contributed by atoms with Crippen molar-refractivity contribution < 1.29 is 14.2 Å². The first-order chi connectivity index (χ1) is 14.1. The van der Waals surface area contributed by atoms with E-state index in [1.807, 2.05) is 63.3 Å². The number of ether oxygens (including phenoxy) is 3. The summed E-state index contributed by atoms with van der Waals surface area (Å²) in [5.74, 6) is 0.772. The number of hydrogen-bond acceptors (Lipinski definition) is 3. The molecule has 0 N–H and O–H groups in total. The topological polar surface area (TPSA) is 27.7 Å². The molecule has 1 unspecified atom stereocenters. The van der Waals surface area contributed by atoms with E-state index in [1.165, 1.54) is 5.56 Å². The van der Waals surface area contributed by atoms with E-state index in [1.54, 1.807) is 33.7 Å². The summed E-state index contributed by atoms with van der Waals surface area (Å²) in [6, 6.07) is 10.3. The van der Waals surface area contributed by atoms with Gasteiger partial charge in [-0.25, -0.2) is 0 Å². The van der Waals surface area contributed by atoms with Crippen molar-refractivity contribution in [1.29, 1.82) is 0 Å². The van der Waals surface area contributed by atoms with Crippen LogP contribution in [0.1, 0.15) is 32.3 Å². The lowest BCUT2D eigenvalue weighted by atomic mass is 9.84. The van der Waals surface area contributed by atoms with Crippen LogP contribution in [0.3, 0.4) is 0 Å². The molecule has 1 aromatic rings. The van der Waals surface area contributed by atoms with Crippen molar-refractivity contribution in [3.05, 3.63) is 108 Å². The zero-order valence-corrected chi connectivity index (χ0v) is 18.8. The molecule has 3 nitrogen and oxygen atoms in total. The van der Waals surface area contributed by atoms with Crippen molar-refractivity contribution in [1.82, 2.24) is 0 Å². The van der Waals surface area contributed by atoms with Crippen molar-refractivity contribution in [3.63, 3.8) is 0 Å². The molecular weight excluding hydrogens is 360 g/mol. The molecule has 158 valence electrons. The maximum Gasteiger partial charge on any atom is 0.134 e. The number of methoxy groups -OCH3 is 2. The molecule has 0 saturated heterocycles. The lowest BCUT2D eigenvalue weighted by molar-refractivity contribution is 0.234. The summed E-state index contributed by atoms with van der Waals surface area (Å²) in [6.07, 6.45) is 11.5. The number of benzene rings is 1. The second-order valence-corrected chi connectivity index (χ2v) is 5.81. The molecule has 2 rings (SSSR count). The molecule has 29 heavy (non-hydrogen) atoms. The van der Waals surface area contributed by atoms with Gasteiger partial charge in [-0.15, -0.1) is 0 Å². The Kier molecular flexibility index (Phi) is 14.9. The Morgan fingerprint density at radius 2 is 1.76 bits per heavy atom. The van der Waals surface area contributed by atoms with Gasteiger partial charge in [-0.05, 0) is 35.8 Å². The maximum absolute atomic E-state index is 5.79. The number of hydrogen-bond donors (Lipinski definition) is 0. The molecule has 1 atom stereocenters. The number of rotatable bonds is 6. The average molecular weight is 397 g/mol. The quantitative estimate of drug-likeness (QED) is 0.498. The Hall–Kier alpha value is -2.62. The van der Waals surface area contributed by atoms with E-state index >= 15 is 0 Å². The second kappa shape index (κ2) is 16.3. The van der Waals surface area contributed by atoms with E-state index in [4.69, 9.17) is 9.47 Å². The zero-order valence-electron chi connectivity index (χ0n) is 18.8. The van der Waals surface area contributed by atoms with Crippen molar-refractivity contribution >= 4 is 0 Å². The fraction of sp³-hybridized carbons (Fsp3) is 0.308. The van der Waals surface area contributed by atoms with Gasteiger partial charge in [0.25, 0.3) is 0 Å². The molecule has 1 aromatic carbocycles. The molecule has 1 aliphatic rings. The third-order valence-electron chi connectivity index (χ3n) is 3.91. The minimum Gasteiger partial charge on any atom is -0.465 e. The molecule has 0 aliphatic carbocycles. The molecular formula is C26H36O3. The third kappa shape index (κ3) is 8.51. The van der Waals surface area contributed by atoms with Crippen LogP contribution in [0.25, 0.3) is 0 Å². The first kappa shape index (κ1) is 26.4. The minimum absolute atomic E-state index is 0.0597. The molecule has 0 fully saturated rings. The molecule has 3 heteroatoms. The van der Waals surface area contributed by atoms with Gasteiger partial charge in [0.15, 0.2) is 0 Å². The van der Waals surface area contributed by atoms with E-state index in [2.05, 4.69) is 30.0 Å². The highest BCUT2D eigenvalue weighted by molar-refractivity contribution is 5.59. The normalized spacial score (nSPS) is 16.3. The summed E-state index contributed by atoms with van der Waals surface area (Å²) in [4.78, 5) is 0. The van der Waals surface area contributed by atoms with Crippen LogP contribution in [0.4, 0.5) is 0 Å². The third-order valence-corrected chi connectivity index (χ3v) is 3.91. The Labute approximate surface area is 177 Å². The van der Waals surface area contributed by atoms with Crippen molar-refractivity contribution in [3.8, 4) is 0 Å². The molecule has 0 spiro atoms. The average Bonchev–Trinajstić information content (AvgIpc) is 2.92. The predicted octanol–water partition coefficient (Wildman–Crippen LogP) is 6.75. The van der Waals surface area contributed by atoms with Gasteiger partial charge in [-0.3, -0.25) is 0 Å². The van der Waals surface area contributed by atoms with E-state index in [0.29, 0.717) is 12.4 Å². The molecule has 0 amide bonds. The summed E-state index contributed by atoms with van der Waals surface area (Å²) in [5, 5.41) is 0. The highest BCUT2D eigenvalue weighted by atomic mass is 16.5. The SMILES string of the molecule is C=CC1=C(C(/C=C\COC)=C/C)C(=C)C(c2ccccc2)C=CO1.CC.COC. The Morgan fingerprint density at radius 1 is 1.14 bits per heavy atom. The highest BCUT2D eigenvalue weighted by Gasteiger charge is 2.22. The van der Waals surface area contributed by atoms with E-state index < -0.39 is 0 Å². The smallest absolute Gasteiger partial charge is 0.134 e. The van der Waals surface area contributed by atoms with Crippen LogP contribution in [0.2, 0.25) is 0 Å². The van der Waals surface area contributed by atoms with Crippen LogP contribution in [0, 0.1) is 0 Å². The van der Waals surface area contributed by atoms with Gasteiger partial charge in [0.1, 0.15) is 5.76 Å². The molecule has 1 aliphatic heterocycles. The van der Waals surface area contributed by atoms with Gasteiger partial charge in [-0.2, -0.15) is 0 Å². The summed E-state index contributed by atoms with van der Waals surface area (Å²) in [7, 11) is 4.93. The fourth-order valence-corrected chi connectivity index (χ4v) is 2.73. The zero-order chi connectivity index (χ0) is 22.1.